The molecule has 2 N–H and O–H groups in total. The average molecular weight is 247 g/mol. The summed E-state index contributed by atoms with van der Waals surface area (Å²) >= 11 is 0. The molecule has 1 aromatic rings. The minimum atomic E-state index is 0.546. The number of anilines is 2. The van der Waals surface area contributed by atoms with Crippen LogP contribution in [-0.4, -0.2) is 47.1 Å². The van der Waals surface area contributed by atoms with Gasteiger partial charge in [-0.2, -0.15) is 0 Å². The Balaban J connectivity index is 1.68. The fourth-order valence-electron chi connectivity index (χ4n) is 3.18. The molecule has 2 fully saturated rings. The Labute approximate surface area is 108 Å². The largest absolute Gasteiger partial charge is 0.373 e. The summed E-state index contributed by atoms with van der Waals surface area (Å²) in [4.78, 5) is 11.1. The maximum absolute atomic E-state index is 4.31. The van der Waals surface area contributed by atoms with Crippen LogP contribution in [-0.2, 0) is 0 Å². The summed E-state index contributed by atoms with van der Waals surface area (Å²) < 4.78 is 0. The molecule has 2 aliphatic rings. The van der Waals surface area contributed by atoms with E-state index in [0.29, 0.717) is 12.1 Å². The van der Waals surface area contributed by atoms with Gasteiger partial charge in [-0.05, 0) is 25.8 Å². The minimum absolute atomic E-state index is 0.546. The zero-order valence-electron chi connectivity index (χ0n) is 10.9. The summed E-state index contributed by atoms with van der Waals surface area (Å²) in [5.41, 5.74) is 0. The molecule has 3 heterocycles. The zero-order valence-corrected chi connectivity index (χ0v) is 10.9. The lowest BCUT2D eigenvalue weighted by Crippen LogP contribution is -2.41. The van der Waals surface area contributed by atoms with Crippen molar-refractivity contribution in [1.82, 2.24) is 14.9 Å². The molecule has 1 aromatic heterocycles. The van der Waals surface area contributed by atoms with Gasteiger partial charge in [0.1, 0.15) is 18.0 Å². The van der Waals surface area contributed by atoms with Crippen molar-refractivity contribution in [3.8, 4) is 0 Å². The number of hydrogen-bond donors (Lipinski definition) is 2. The van der Waals surface area contributed by atoms with Crippen LogP contribution in [0.15, 0.2) is 12.4 Å². The average Bonchev–Trinajstić information content (AvgIpc) is 2.83. The first-order valence-electron chi connectivity index (χ1n) is 6.87. The van der Waals surface area contributed by atoms with Crippen molar-refractivity contribution < 1.29 is 0 Å². The second-order valence-electron chi connectivity index (χ2n) is 5.18. The highest BCUT2D eigenvalue weighted by Gasteiger charge is 2.35. The molecule has 2 atom stereocenters. The van der Waals surface area contributed by atoms with Crippen molar-refractivity contribution in [3.05, 3.63) is 12.4 Å². The first-order valence-corrected chi connectivity index (χ1v) is 6.87. The van der Waals surface area contributed by atoms with Crippen LogP contribution < -0.4 is 10.6 Å². The molecule has 0 amide bonds. The number of piperidine rings is 1. The molecule has 0 spiro atoms. The van der Waals surface area contributed by atoms with Crippen LogP contribution in [0.3, 0.4) is 0 Å². The van der Waals surface area contributed by atoms with Gasteiger partial charge in [0, 0.05) is 31.7 Å². The van der Waals surface area contributed by atoms with Gasteiger partial charge in [0.2, 0.25) is 0 Å². The van der Waals surface area contributed by atoms with Crippen LogP contribution in [0.5, 0.6) is 0 Å². The summed E-state index contributed by atoms with van der Waals surface area (Å²) in [6.45, 7) is 2.50. The molecule has 5 heteroatoms. The topological polar surface area (TPSA) is 53.1 Å². The lowest BCUT2D eigenvalue weighted by atomic mass is 9.99. The smallest absolute Gasteiger partial charge is 0.131 e. The van der Waals surface area contributed by atoms with E-state index < -0.39 is 0 Å². The van der Waals surface area contributed by atoms with Crippen molar-refractivity contribution in [3.63, 3.8) is 0 Å². The zero-order chi connectivity index (χ0) is 12.4. The van der Waals surface area contributed by atoms with Crippen LogP contribution in [0, 0.1) is 0 Å². The molecule has 0 bridgehead atoms. The fourth-order valence-corrected chi connectivity index (χ4v) is 3.18. The molecule has 5 nitrogen and oxygen atoms in total. The van der Waals surface area contributed by atoms with E-state index in [9.17, 15) is 0 Å². The van der Waals surface area contributed by atoms with Gasteiger partial charge >= 0.3 is 0 Å². The van der Waals surface area contributed by atoms with Gasteiger partial charge < -0.3 is 10.6 Å². The molecule has 3 rings (SSSR count). The van der Waals surface area contributed by atoms with Crippen LogP contribution in [0.1, 0.15) is 25.7 Å². The number of rotatable bonds is 3. The van der Waals surface area contributed by atoms with Crippen LogP contribution in [0.4, 0.5) is 11.6 Å². The molecule has 2 aliphatic heterocycles. The van der Waals surface area contributed by atoms with Gasteiger partial charge in [0.05, 0.1) is 0 Å². The maximum Gasteiger partial charge on any atom is 0.131 e. The molecule has 0 saturated carbocycles. The van der Waals surface area contributed by atoms with Crippen molar-refractivity contribution in [1.29, 1.82) is 0 Å². The highest BCUT2D eigenvalue weighted by Crippen LogP contribution is 2.29. The molecule has 18 heavy (non-hydrogen) atoms. The third-order valence-electron chi connectivity index (χ3n) is 4.11. The second-order valence-corrected chi connectivity index (χ2v) is 5.18. The lowest BCUT2D eigenvalue weighted by molar-refractivity contribution is 0.192. The quantitative estimate of drug-likeness (QED) is 0.849. The highest BCUT2D eigenvalue weighted by molar-refractivity contribution is 5.46. The third kappa shape index (κ3) is 2.27. The van der Waals surface area contributed by atoms with E-state index in [-0.39, 0.29) is 0 Å². The summed E-state index contributed by atoms with van der Waals surface area (Å²) in [5, 5.41) is 6.63. The molecule has 0 radical (unpaired) electrons. The Bertz CT molecular complexity index is 408. The third-order valence-corrected chi connectivity index (χ3v) is 4.11. The van der Waals surface area contributed by atoms with Crippen LogP contribution in [0.2, 0.25) is 0 Å². The van der Waals surface area contributed by atoms with Gasteiger partial charge in [-0.1, -0.05) is 6.42 Å². The van der Waals surface area contributed by atoms with Gasteiger partial charge in [-0.15, -0.1) is 0 Å². The Morgan fingerprint density at radius 3 is 2.94 bits per heavy atom. The van der Waals surface area contributed by atoms with Gasteiger partial charge in [-0.3, -0.25) is 4.90 Å². The second kappa shape index (κ2) is 5.10. The van der Waals surface area contributed by atoms with Gasteiger partial charge in [-0.25, -0.2) is 9.97 Å². The molecule has 0 aromatic carbocycles. The van der Waals surface area contributed by atoms with Crippen LogP contribution in [0.25, 0.3) is 0 Å². The summed E-state index contributed by atoms with van der Waals surface area (Å²) in [7, 11) is 1.88. The van der Waals surface area contributed by atoms with E-state index in [2.05, 4.69) is 25.5 Å². The van der Waals surface area contributed by atoms with E-state index in [1.54, 1.807) is 6.33 Å². The molecule has 2 unspecified atom stereocenters. The van der Waals surface area contributed by atoms with Gasteiger partial charge in [0.15, 0.2) is 0 Å². The number of aromatic nitrogens is 2. The molecule has 0 aliphatic carbocycles. The Kier molecular flexibility index (Phi) is 3.32. The van der Waals surface area contributed by atoms with E-state index >= 15 is 0 Å². The molecular formula is C13H21N5. The van der Waals surface area contributed by atoms with Crippen LogP contribution >= 0.6 is 0 Å². The lowest BCUT2D eigenvalue weighted by Gasteiger charge is -2.32. The Morgan fingerprint density at radius 1 is 1.17 bits per heavy atom. The van der Waals surface area contributed by atoms with Crippen molar-refractivity contribution in [2.45, 2.75) is 37.8 Å². The number of nitrogens with one attached hydrogen (secondary N) is 2. The maximum atomic E-state index is 4.31. The van der Waals surface area contributed by atoms with E-state index in [0.717, 1.165) is 11.6 Å². The number of nitrogens with zero attached hydrogens (tertiary/aromatic N) is 3. The standard InChI is InChI=1S/C13H21N5/c1-14-12-8-13(16-9-15-12)17-10-5-7-18-6-3-2-4-11(10)18/h8-11H,2-7H2,1H3,(H2,14,15,16,17). The molecular weight excluding hydrogens is 226 g/mol. The normalized spacial score (nSPS) is 27.8. The fraction of sp³-hybridized carbons (Fsp3) is 0.692. The summed E-state index contributed by atoms with van der Waals surface area (Å²) in [6.07, 6.45) is 6.89. The number of hydrogen-bond acceptors (Lipinski definition) is 5. The minimum Gasteiger partial charge on any atom is -0.373 e. The predicted molar refractivity (Wildman–Crippen MR) is 72.8 cm³/mol. The Morgan fingerprint density at radius 2 is 2.06 bits per heavy atom. The van der Waals surface area contributed by atoms with E-state index in [1.807, 2.05) is 13.1 Å². The first kappa shape index (κ1) is 11.7. The Hall–Kier alpha value is -1.36. The predicted octanol–water partition coefficient (Wildman–Crippen LogP) is 1.56. The highest BCUT2D eigenvalue weighted by atomic mass is 15.2. The van der Waals surface area contributed by atoms with E-state index in [4.69, 9.17) is 0 Å². The van der Waals surface area contributed by atoms with Gasteiger partial charge in [0.25, 0.3) is 0 Å². The summed E-state index contributed by atoms with van der Waals surface area (Å²) in [6, 6.07) is 3.22. The van der Waals surface area contributed by atoms with Crippen molar-refractivity contribution >= 4 is 11.6 Å². The number of fused-ring (bicyclic) bond motifs is 1. The summed E-state index contributed by atoms with van der Waals surface area (Å²) in [5.74, 6) is 1.80. The molecule has 98 valence electrons. The van der Waals surface area contributed by atoms with E-state index in [1.165, 1.54) is 38.8 Å². The van der Waals surface area contributed by atoms with Crippen molar-refractivity contribution in [2.75, 3.05) is 30.8 Å². The first-order chi connectivity index (χ1) is 8.86. The van der Waals surface area contributed by atoms with Crippen molar-refractivity contribution in [2.24, 2.45) is 0 Å². The monoisotopic (exact) mass is 247 g/mol. The SMILES string of the molecule is CNc1cc(NC2CCN3CCCCC23)ncn1. The molecule has 2 saturated heterocycles.